The molecule has 0 spiro atoms. The molecule has 2 heteroatoms. The van der Waals surface area contributed by atoms with Crippen molar-refractivity contribution in [1.82, 2.24) is 0 Å². The third kappa shape index (κ3) is 1.92. The minimum absolute atomic E-state index is 0.327. The lowest BCUT2D eigenvalue weighted by atomic mass is 10.2. The molecule has 0 aromatic heterocycles. The Balaban J connectivity index is 2.94. The van der Waals surface area contributed by atoms with Crippen LogP contribution in [0.15, 0.2) is 24.3 Å². The third-order valence-corrected chi connectivity index (χ3v) is 2.37. The summed E-state index contributed by atoms with van der Waals surface area (Å²) in [6, 6.07) is 8.44. The van der Waals surface area contributed by atoms with Gasteiger partial charge in [-0.15, -0.1) is 0 Å². The van der Waals surface area contributed by atoms with Crippen LogP contribution in [0.1, 0.15) is 19.4 Å². The number of aryl methyl sites for hydroxylation is 1. The van der Waals surface area contributed by atoms with Gasteiger partial charge in [0.05, 0.1) is 5.69 Å². The first-order valence-electron chi connectivity index (χ1n) is 4.13. The minimum atomic E-state index is 0.327. The fourth-order valence-corrected chi connectivity index (χ4v) is 1.27. The number of halogens is 1. The van der Waals surface area contributed by atoms with Gasteiger partial charge in [0.15, 0.2) is 0 Å². The van der Waals surface area contributed by atoms with Crippen LogP contribution >= 0.6 is 11.8 Å². The van der Waals surface area contributed by atoms with Crippen molar-refractivity contribution in [3.63, 3.8) is 0 Å². The highest BCUT2D eigenvalue weighted by Crippen LogP contribution is 2.22. The smallest absolute Gasteiger partial charge is 0.0555 e. The lowest BCUT2D eigenvalue weighted by molar-refractivity contribution is 0.827. The van der Waals surface area contributed by atoms with Gasteiger partial charge in [-0.25, -0.2) is 0 Å². The van der Waals surface area contributed by atoms with E-state index >= 15 is 0 Å². The molecule has 0 aliphatic carbocycles. The number of anilines is 1. The van der Waals surface area contributed by atoms with E-state index in [-0.39, 0.29) is 0 Å². The normalized spacial score (nSPS) is 10.4. The Morgan fingerprint density at radius 2 is 1.83 bits per heavy atom. The summed E-state index contributed by atoms with van der Waals surface area (Å²) in [6.45, 7) is 6.20. The first-order chi connectivity index (χ1) is 5.63. The average Bonchev–Trinajstić information content (AvgIpc) is 2.04. The topological polar surface area (TPSA) is 3.24 Å². The van der Waals surface area contributed by atoms with Crippen molar-refractivity contribution in [1.29, 1.82) is 0 Å². The van der Waals surface area contributed by atoms with Crippen molar-refractivity contribution in [2.24, 2.45) is 0 Å². The van der Waals surface area contributed by atoms with Crippen LogP contribution in [0.25, 0.3) is 0 Å². The van der Waals surface area contributed by atoms with Gasteiger partial charge >= 0.3 is 0 Å². The molecule has 0 aliphatic rings. The zero-order valence-electron chi connectivity index (χ0n) is 7.71. The number of benzene rings is 1. The average molecular weight is 184 g/mol. The van der Waals surface area contributed by atoms with Gasteiger partial charge in [0.25, 0.3) is 0 Å². The molecule has 0 saturated carbocycles. The van der Waals surface area contributed by atoms with Crippen LogP contribution in [0.3, 0.4) is 0 Å². The summed E-state index contributed by atoms with van der Waals surface area (Å²) in [6.07, 6.45) is 0. The summed E-state index contributed by atoms with van der Waals surface area (Å²) in [4.78, 5) is 0. The number of rotatable bonds is 2. The molecule has 12 heavy (non-hydrogen) atoms. The maximum absolute atomic E-state index is 6.08. The van der Waals surface area contributed by atoms with Crippen molar-refractivity contribution < 1.29 is 0 Å². The molecule has 1 rings (SSSR count). The Morgan fingerprint density at radius 1 is 1.25 bits per heavy atom. The lowest BCUT2D eigenvalue weighted by Gasteiger charge is -2.21. The molecule has 66 valence electrons. The number of para-hydroxylation sites is 1. The second-order valence-corrected chi connectivity index (χ2v) is 3.56. The molecule has 0 aliphatic heterocycles. The van der Waals surface area contributed by atoms with Crippen LogP contribution in [-0.2, 0) is 0 Å². The van der Waals surface area contributed by atoms with Crippen LogP contribution in [0, 0.1) is 6.92 Å². The fourth-order valence-electron chi connectivity index (χ4n) is 1.08. The molecule has 0 amide bonds. The summed E-state index contributed by atoms with van der Waals surface area (Å²) < 4.78 is 1.76. The largest absolute Gasteiger partial charge is 0.283 e. The predicted octanol–water partition coefficient (Wildman–Crippen LogP) is 3.36. The SMILES string of the molecule is Cc1ccccc1N(Cl)C(C)C. The van der Waals surface area contributed by atoms with Gasteiger partial charge in [-0.2, -0.15) is 0 Å². The minimum Gasteiger partial charge on any atom is -0.283 e. The molecule has 0 bridgehead atoms. The van der Waals surface area contributed by atoms with E-state index in [9.17, 15) is 0 Å². The quantitative estimate of drug-likeness (QED) is 0.636. The standard InChI is InChI=1S/C10H14ClN/c1-8(2)12(11)10-7-5-4-6-9(10)3/h4-8H,1-3H3. The van der Waals surface area contributed by atoms with Crippen LogP contribution in [0.2, 0.25) is 0 Å². The van der Waals surface area contributed by atoms with Crippen molar-refractivity contribution in [3.8, 4) is 0 Å². The highest BCUT2D eigenvalue weighted by Gasteiger charge is 2.08. The van der Waals surface area contributed by atoms with Crippen molar-refractivity contribution in [2.45, 2.75) is 26.8 Å². The summed E-state index contributed by atoms with van der Waals surface area (Å²) in [7, 11) is 0. The number of hydrogen-bond donors (Lipinski definition) is 0. The Labute approximate surface area is 79.1 Å². The maximum Gasteiger partial charge on any atom is 0.0555 e. The molecule has 1 aromatic rings. The Kier molecular flexibility index (Phi) is 2.99. The Morgan fingerprint density at radius 3 is 2.33 bits per heavy atom. The van der Waals surface area contributed by atoms with Gasteiger partial charge in [0.1, 0.15) is 0 Å². The number of hydrogen-bond acceptors (Lipinski definition) is 1. The fraction of sp³-hybridized carbons (Fsp3) is 0.400. The summed E-state index contributed by atoms with van der Waals surface area (Å²) in [5.41, 5.74) is 2.30. The van der Waals surface area contributed by atoms with E-state index in [1.807, 2.05) is 18.2 Å². The van der Waals surface area contributed by atoms with E-state index in [1.54, 1.807) is 4.42 Å². The van der Waals surface area contributed by atoms with Crippen LogP contribution in [-0.4, -0.2) is 6.04 Å². The van der Waals surface area contributed by atoms with Crippen LogP contribution in [0.4, 0.5) is 5.69 Å². The molecular formula is C10H14ClN. The van der Waals surface area contributed by atoms with Crippen molar-refractivity contribution in [3.05, 3.63) is 29.8 Å². The van der Waals surface area contributed by atoms with Gasteiger partial charge in [-0.3, -0.25) is 4.42 Å². The van der Waals surface area contributed by atoms with Gasteiger partial charge < -0.3 is 0 Å². The molecule has 0 N–H and O–H groups in total. The van der Waals surface area contributed by atoms with E-state index in [0.717, 1.165) is 5.69 Å². The molecule has 0 atom stereocenters. The predicted molar refractivity (Wildman–Crippen MR) is 54.6 cm³/mol. The van der Waals surface area contributed by atoms with E-state index in [2.05, 4.69) is 26.8 Å². The monoisotopic (exact) mass is 183 g/mol. The first-order valence-corrected chi connectivity index (χ1v) is 4.47. The van der Waals surface area contributed by atoms with Crippen LogP contribution < -0.4 is 4.42 Å². The highest BCUT2D eigenvalue weighted by molar-refractivity contribution is 6.26. The molecular weight excluding hydrogens is 170 g/mol. The third-order valence-electron chi connectivity index (χ3n) is 1.80. The Hall–Kier alpha value is -0.690. The van der Waals surface area contributed by atoms with Crippen LogP contribution in [0.5, 0.6) is 0 Å². The van der Waals surface area contributed by atoms with Crippen molar-refractivity contribution >= 4 is 17.5 Å². The molecule has 0 heterocycles. The zero-order chi connectivity index (χ0) is 9.14. The highest BCUT2D eigenvalue weighted by atomic mass is 35.5. The first kappa shape index (κ1) is 9.40. The lowest BCUT2D eigenvalue weighted by Crippen LogP contribution is -2.20. The summed E-state index contributed by atoms with van der Waals surface area (Å²) in [5.74, 6) is 0. The van der Waals surface area contributed by atoms with E-state index in [4.69, 9.17) is 11.8 Å². The van der Waals surface area contributed by atoms with E-state index < -0.39 is 0 Å². The van der Waals surface area contributed by atoms with E-state index in [1.165, 1.54) is 5.56 Å². The molecule has 1 nitrogen and oxygen atoms in total. The Bertz CT molecular complexity index is 258. The zero-order valence-corrected chi connectivity index (χ0v) is 8.47. The van der Waals surface area contributed by atoms with E-state index in [0.29, 0.717) is 6.04 Å². The summed E-state index contributed by atoms with van der Waals surface area (Å²) in [5, 5.41) is 0. The van der Waals surface area contributed by atoms with Gasteiger partial charge in [0.2, 0.25) is 0 Å². The molecule has 0 fully saturated rings. The summed E-state index contributed by atoms with van der Waals surface area (Å²) >= 11 is 6.08. The molecule has 0 saturated heterocycles. The second-order valence-electron chi connectivity index (χ2n) is 3.19. The van der Waals surface area contributed by atoms with Gasteiger partial charge in [-0.1, -0.05) is 18.2 Å². The molecule has 1 aromatic carbocycles. The molecule has 0 unspecified atom stereocenters. The second kappa shape index (κ2) is 3.81. The molecule has 0 radical (unpaired) electrons. The van der Waals surface area contributed by atoms with Gasteiger partial charge in [0, 0.05) is 17.8 Å². The van der Waals surface area contributed by atoms with Crippen molar-refractivity contribution in [2.75, 3.05) is 4.42 Å². The number of nitrogens with zero attached hydrogens (tertiary/aromatic N) is 1. The maximum atomic E-state index is 6.08. The van der Waals surface area contributed by atoms with Gasteiger partial charge in [-0.05, 0) is 32.4 Å².